The van der Waals surface area contributed by atoms with Crippen molar-refractivity contribution in [3.8, 4) is 0 Å². The highest BCUT2D eigenvalue weighted by molar-refractivity contribution is 9.10. The Morgan fingerprint density at radius 1 is 1.06 bits per heavy atom. The molecule has 12 heteroatoms. The van der Waals surface area contributed by atoms with Crippen molar-refractivity contribution in [3.05, 3.63) is 52.5 Å². The highest BCUT2D eigenvalue weighted by atomic mass is 79.9. The summed E-state index contributed by atoms with van der Waals surface area (Å²) in [5.74, 6) is -3.29. The van der Waals surface area contributed by atoms with Crippen molar-refractivity contribution < 1.29 is 36.3 Å². The van der Waals surface area contributed by atoms with Crippen molar-refractivity contribution in [3.63, 3.8) is 0 Å². The molecule has 7 nitrogen and oxygen atoms in total. The van der Waals surface area contributed by atoms with E-state index in [0.717, 1.165) is 28.8 Å². The summed E-state index contributed by atoms with van der Waals surface area (Å²) in [6, 6.07) is 12.3. The van der Waals surface area contributed by atoms with Crippen LogP contribution in [0.1, 0.15) is 25.8 Å². The quantitative estimate of drug-likeness (QED) is 0.464. The maximum absolute atomic E-state index is 12.4. The molecule has 0 aliphatic heterocycles. The molecule has 1 amide bonds. The predicted molar refractivity (Wildman–Crippen MR) is 128 cm³/mol. The molecule has 0 saturated carbocycles. The molecule has 2 aromatic rings. The molecule has 2 N–H and O–H groups in total. The molecule has 0 aliphatic rings. The third kappa shape index (κ3) is 9.34. The number of carboxylic acid groups (broad SMARTS) is 1. The number of rotatable bonds is 8. The normalized spacial score (nSPS) is 11.3. The lowest BCUT2D eigenvalue weighted by Crippen LogP contribution is -2.22. The molecular weight excluding hydrogens is 541 g/mol. The van der Waals surface area contributed by atoms with Gasteiger partial charge in [-0.1, -0.05) is 15.9 Å². The molecule has 2 aromatic carbocycles. The number of amides is 1. The molecule has 0 atom stereocenters. The summed E-state index contributed by atoms with van der Waals surface area (Å²) in [4.78, 5) is 23.6. The van der Waals surface area contributed by atoms with Gasteiger partial charge in [-0.05, 0) is 68.8 Å². The van der Waals surface area contributed by atoms with Crippen molar-refractivity contribution in [2.75, 3.05) is 29.1 Å². The topological polar surface area (TPSA) is 104 Å². The van der Waals surface area contributed by atoms with Crippen LogP contribution in [0.5, 0.6) is 0 Å². The van der Waals surface area contributed by atoms with Crippen LogP contribution in [-0.2, 0) is 19.4 Å². The van der Waals surface area contributed by atoms with Crippen LogP contribution in [0.15, 0.2) is 51.8 Å². The molecular formula is C22H26BrF3N2O5S. The molecule has 0 bridgehead atoms. The lowest BCUT2D eigenvalue weighted by molar-refractivity contribution is -0.192. The molecule has 0 unspecified atom stereocenters. The molecule has 0 aliphatic carbocycles. The summed E-state index contributed by atoms with van der Waals surface area (Å²) in [5.41, 5.74) is 2.76. The van der Waals surface area contributed by atoms with Gasteiger partial charge in [0.15, 0.2) is 9.84 Å². The Bertz CT molecular complexity index is 1090. The highest BCUT2D eigenvalue weighted by Crippen LogP contribution is 2.23. The molecule has 34 heavy (non-hydrogen) atoms. The smallest absolute Gasteiger partial charge is 0.475 e. The van der Waals surface area contributed by atoms with Crippen LogP contribution in [-0.4, -0.2) is 50.4 Å². The molecule has 188 valence electrons. The van der Waals surface area contributed by atoms with Gasteiger partial charge in [-0.2, -0.15) is 13.2 Å². The van der Waals surface area contributed by atoms with Gasteiger partial charge in [-0.3, -0.25) is 4.79 Å². The third-order valence-corrected chi connectivity index (χ3v) is 6.89. The zero-order valence-corrected chi connectivity index (χ0v) is 21.2. The second-order valence-corrected chi connectivity index (χ2v) is 10.1. The minimum Gasteiger partial charge on any atom is -0.475 e. The van der Waals surface area contributed by atoms with E-state index in [1.807, 2.05) is 25.1 Å². The molecule has 0 spiro atoms. The SMILES string of the molecule is CCN(CC)c1ccc(NC(=O)CCS(=O)(=O)c2ccc(Br)cc2)c(C)c1.O=C(O)C(F)(F)F. The molecule has 0 aromatic heterocycles. The van der Waals surface area contributed by atoms with E-state index >= 15 is 0 Å². The molecule has 0 radical (unpaired) electrons. The second kappa shape index (κ2) is 12.7. The predicted octanol–water partition coefficient (Wildman–Crippen LogP) is 5.04. The summed E-state index contributed by atoms with van der Waals surface area (Å²) < 4.78 is 57.2. The number of nitrogens with zero attached hydrogens (tertiary/aromatic N) is 1. The number of carbonyl (C=O) groups excluding carboxylic acids is 1. The van der Waals surface area contributed by atoms with Crippen LogP contribution >= 0.6 is 15.9 Å². The number of alkyl halides is 3. The first-order chi connectivity index (χ1) is 15.7. The number of aliphatic carboxylic acids is 1. The van der Waals surface area contributed by atoms with Gasteiger partial charge in [-0.25, -0.2) is 13.2 Å². The van der Waals surface area contributed by atoms with Gasteiger partial charge >= 0.3 is 12.1 Å². The summed E-state index contributed by atoms with van der Waals surface area (Å²) in [6.07, 6.45) is -5.17. The van der Waals surface area contributed by atoms with Crippen molar-refractivity contribution in [1.82, 2.24) is 0 Å². The van der Waals surface area contributed by atoms with Crippen LogP contribution < -0.4 is 10.2 Å². The number of aryl methyl sites for hydroxylation is 1. The van der Waals surface area contributed by atoms with E-state index in [2.05, 4.69) is 40.0 Å². The Hall–Kier alpha value is -2.60. The van der Waals surface area contributed by atoms with Crippen LogP contribution in [0.4, 0.5) is 24.5 Å². The molecule has 0 heterocycles. The Balaban J connectivity index is 0.000000718. The summed E-state index contributed by atoms with van der Waals surface area (Å²) in [6.45, 7) is 7.95. The monoisotopic (exact) mass is 566 g/mol. The minimum atomic E-state index is -5.08. The average Bonchev–Trinajstić information content (AvgIpc) is 2.75. The van der Waals surface area contributed by atoms with Crippen LogP contribution in [0.3, 0.4) is 0 Å². The van der Waals surface area contributed by atoms with Gasteiger partial charge in [0.05, 0.1) is 10.6 Å². The molecule has 0 fully saturated rings. The van der Waals surface area contributed by atoms with E-state index in [0.29, 0.717) is 5.69 Å². The largest absolute Gasteiger partial charge is 0.490 e. The van der Waals surface area contributed by atoms with E-state index in [1.54, 1.807) is 12.1 Å². The number of anilines is 2. The first-order valence-corrected chi connectivity index (χ1v) is 12.6. The fourth-order valence-corrected chi connectivity index (χ4v) is 4.28. The summed E-state index contributed by atoms with van der Waals surface area (Å²) in [7, 11) is -3.49. The Labute approximate surface area is 205 Å². The van der Waals surface area contributed by atoms with Crippen LogP contribution in [0.2, 0.25) is 0 Å². The minimum absolute atomic E-state index is 0.0877. The van der Waals surface area contributed by atoms with Crippen molar-refractivity contribution in [2.45, 2.75) is 38.3 Å². The van der Waals surface area contributed by atoms with Gasteiger partial charge in [-0.15, -0.1) is 0 Å². The Morgan fingerprint density at radius 2 is 1.59 bits per heavy atom. The zero-order valence-electron chi connectivity index (χ0n) is 18.8. The van der Waals surface area contributed by atoms with E-state index in [4.69, 9.17) is 9.90 Å². The fourth-order valence-electron chi connectivity index (χ4n) is 2.77. The number of carboxylic acids is 1. The lowest BCUT2D eigenvalue weighted by atomic mass is 10.1. The summed E-state index contributed by atoms with van der Waals surface area (Å²) in [5, 5.41) is 9.94. The zero-order chi connectivity index (χ0) is 26.1. The first kappa shape index (κ1) is 29.4. The van der Waals surface area contributed by atoms with E-state index in [9.17, 15) is 26.4 Å². The summed E-state index contributed by atoms with van der Waals surface area (Å²) >= 11 is 3.28. The Kier molecular flexibility index (Phi) is 11.0. The number of carbonyl (C=O) groups is 2. The van der Waals surface area contributed by atoms with Gasteiger partial charge in [0, 0.05) is 35.4 Å². The number of benzene rings is 2. The number of halogens is 4. The second-order valence-electron chi connectivity index (χ2n) is 7.05. The van der Waals surface area contributed by atoms with Gasteiger partial charge in [0.2, 0.25) is 5.91 Å². The highest BCUT2D eigenvalue weighted by Gasteiger charge is 2.38. The van der Waals surface area contributed by atoms with E-state index in [-0.39, 0.29) is 23.0 Å². The lowest BCUT2D eigenvalue weighted by Gasteiger charge is -2.22. The van der Waals surface area contributed by atoms with Gasteiger partial charge < -0.3 is 15.3 Å². The molecule has 0 saturated heterocycles. The standard InChI is InChI=1S/C20H25BrN2O3S.C2HF3O2/c1-4-23(5-2)17-8-11-19(15(3)14-17)22-20(24)12-13-27(25,26)18-9-6-16(21)7-10-18;3-2(4,5)1(6)7/h6-11,14H,4-5,12-13H2,1-3H3,(H,22,24);(H,6,7). The maximum atomic E-state index is 12.4. The van der Waals surface area contributed by atoms with Gasteiger partial charge in [0.1, 0.15) is 0 Å². The third-order valence-electron chi connectivity index (χ3n) is 4.63. The maximum Gasteiger partial charge on any atom is 0.490 e. The number of sulfone groups is 1. The molecule has 2 rings (SSSR count). The van der Waals surface area contributed by atoms with Crippen molar-refractivity contribution in [2.24, 2.45) is 0 Å². The van der Waals surface area contributed by atoms with Crippen LogP contribution in [0, 0.1) is 6.92 Å². The van der Waals surface area contributed by atoms with Gasteiger partial charge in [0.25, 0.3) is 0 Å². The fraction of sp³-hybridized carbons (Fsp3) is 0.364. The van der Waals surface area contributed by atoms with Crippen molar-refractivity contribution in [1.29, 1.82) is 0 Å². The Morgan fingerprint density at radius 3 is 2.03 bits per heavy atom. The van der Waals surface area contributed by atoms with Crippen LogP contribution in [0.25, 0.3) is 0 Å². The number of nitrogens with one attached hydrogen (secondary N) is 1. The van der Waals surface area contributed by atoms with E-state index in [1.165, 1.54) is 12.1 Å². The average molecular weight is 567 g/mol. The number of hydrogen-bond acceptors (Lipinski definition) is 5. The first-order valence-electron chi connectivity index (χ1n) is 10.1. The van der Waals surface area contributed by atoms with Crippen molar-refractivity contribution >= 4 is 49.0 Å². The van der Waals surface area contributed by atoms with E-state index < -0.39 is 22.0 Å². The number of hydrogen-bond donors (Lipinski definition) is 2.